The fourth-order valence-corrected chi connectivity index (χ4v) is 1.97. The van der Waals surface area contributed by atoms with Crippen molar-refractivity contribution in [1.82, 2.24) is 0 Å². The lowest BCUT2D eigenvalue weighted by Gasteiger charge is -2.12. The normalized spacial score (nSPS) is 12.6. The van der Waals surface area contributed by atoms with Crippen molar-refractivity contribution >= 4 is 11.9 Å². The number of phenols is 1. The highest BCUT2D eigenvalue weighted by Gasteiger charge is 2.36. The van der Waals surface area contributed by atoms with E-state index >= 15 is 0 Å². The summed E-state index contributed by atoms with van der Waals surface area (Å²) < 4.78 is 81.6. The molecule has 0 spiro atoms. The summed E-state index contributed by atoms with van der Waals surface area (Å²) in [4.78, 5) is 3.62. The van der Waals surface area contributed by atoms with Gasteiger partial charge in [-0.05, 0) is 30.3 Å². The van der Waals surface area contributed by atoms with Crippen LogP contribution in [0, 0.1) is 0 Å². The Kier molecular flexibility index (Phi) is 4.96. The average molecular weight is 363 g/mol. The number of aromatic hydroxyl groups is 1. The van der Waals surface area contributed by atoms with Gasteiger partial charge in [0.25, 0.3) is 0 Å². The molecular formula is C16H11F6NO2. The molecule has 3 nitrogen and oxygen atoms in total. The van der Waals surface area contributed by atoms with Gasteiger partial charge in [-0.2, -0.15) is 26.3 Å². The topological polar surface area (TPSA) is 41.8 Å². The number of methoxy groups -OCH3 is 1. The fourth-order valence-electron chi connectivity index (χ4n) is 1.97. The maximum atomic E-state index is 12.8. The molecule has 0 radical (unpaired) electrons. The van der Waals surface area contributed by atoms with Gasteiger partial charge < -0.3 is 9.84 Å². The van der Waals surface area contributed by atoms with Crippen LogP contribution in [0.1, 0.15) is 16.7 Å². The van der Waals surface area contributed by atoms with E-state index in [1.54, 1.807) is 0 Å². The third-order valence-electron chi connectivity index (χ3n) is 3.18. The van der Waals surface area contributed by atoms with Gasteiger partial charge in [0.05, 0.1) is 23.9 Å². The van der Waals surface area contributed by atoms with Crippen LogP contribution in [0.4, 0.5) is 32.0 Å². The number of alkyl halides is 6. The molecule has 0 atom stereocenters. The predicted molar refractivity (Wildman–Crippen MR) is 78.4 cm³/mol. The summed E-state index contributed by atoms with van der Waals surface area (Å²) in [5.74, 6) is -0.249. The summed E-state index contributed by atoms with van der Waals surface area (Å²) in [6.07, 6.45) is -8.96. The van der Waals surface area contributed by atoms with E-state index in [1.807, 2.05) is 0 Å². The quantitative estimate of drug-likeness (QED) is 0.602. The molecular weight excluding hydrogens is 352 g/mol. The standard InChI is InChI=1S/C16H11F6NO2/c1-25-13-4-2-3-9(14(13)24)8-23-12-6-10(15(17,18)19)5-11(7-12)16(20,21)22/h2-8,24H,1H3. The molecule has 0 fully saturated rings. The Morgan fingerprint density at radius 3 is 2.00 bits per heavy atom. The first-order chi connectivity index (χ1) is 11.5. The lowest BCUT2D eigenvalue weighted by atomic mass is 10.1. The first-order valence-corrected chi connectivity index (χ1v) is 6.72. The molecule has 0 amide bonds. The van der Waals surface area contributed by atoms with Crippen LogP contribution in [0.2, 0.25) is 0 Å². The molecule has 25 heavy (non-hydrogen) atoms. The monoisotopic (exact) mass is 363 g/mol. The number of phenolic OH excluding ortho intramolecular Hbond substituents is 1. The largest absolute Gasteiger partial charge is 0.504 e. The Morgan fingerprint density at radius 2 is 1.52 bits per heavy atom. The molecule has 1 N–H and O–H groups in total. The highest BCUT2D eigenvalue weighted by atomic mass is 19.4. The molecule has 0 aliphatic heterocycles. The maximum absolute atomic E-state index is 12.8. The number of aliphatic imine (C=N–C) groups is 1. The predicted octanol–water partition coefficient (Wildman–Crippen LogP) is 5.19. The summed E-state index contributed by atoms with van der Waals surface area (Å²) in [5.41, 5.74) is -3.41. The highest BCUT2D eigenvalue weighted by Crippen LogP contribution is 2.38. The van der Waals surface area contributed by atoms with Crippen LogP contribution in [0.15, 0.2) is 41.4 Å². The second-order valence-electron chi connectivity index (χ2n) is 4.92. The molecule has 0 aliphatic rings. The van der Waals surface area contributed by atoms with E-state index in [-0.39, 0.29) is 23.1 Å². The molecule has 9 heteroatoms. The fraction of sp³-hybridized carbons (Fsp3) is 0.188. The van der Waals surface area contributed by atoms with E-state index in [9.17, 15) is 31.4 Å². The second-order valence-corrected chi connectivity index (χ2v) is 4.92. The number of hydrogen-bond donors (Lipinski definition) is 1. The van der Waals surface area contributed by atoms with Crippen LogP contribution < -0.4 is 4.74 Å². The van der Waals surface area contributed by atoms with Gasteiger partial charge >= 0.3 is 12.4 Å². The lowest BCUT2D eigenvalue weighted by Crippen LogP contribution is -2.10. The van der Waals surface area contributed by atoms with E-state index in [2.05, 4.69) is 4.99 Å². The number of hydrogen-bond acceptors (Lipinski definition) is 3. The number of rotatable bonds is 3. The third kappa shape index (κ3) is 4.43. The summed E-state index contributed by atoms with van der Waals surface area (Å²) >= 11 is 0. The minimum atomic E-state index is -4.95. The molecule has 2 rings (SSSR count). The van der Waals surface area contributed by atoms with Gasteiger partial charge in [0.2, 0.25) is 0 Å². The molecule has 0 aliphatic carbocycles. The van der Waals surface area contributed by atoms with Gasteiger partial charge in [-0.1, -0.05) is 6.07 Å². The summed E-state index contributed by atoms with van der Waals surface area (Å²) in [6, 6.07) is 5.28. The molecule has 0 aromatic heterocycles. The first-order valence-electron chi connectivity index (χ1n) is 6.72. The molecule has 0 saturated heterocycles. The van der Waals surface area contributed by atoms with Crippen LogP contribution in [0.25, 0.3) is 0 Å². The average Bonchev–Trinajstić information content (AvgIpc) is 2.52. The van der Waals surface area contributed by atoms with Gasteiger partial charge in [0.1, 0.15) is 0 Å². The second kappa shape index (κ2) is 6.66. The van der Waals surface area contributed by atoms with E-state index in [4.69, 9.17) is 4.74 Å². The van der Waals surface area contributed by atoms with Crippen molar-refractivity contribution in [2.75, 3.05) is 7.11 Å². The Balaban J connectivity index is 2.49. The number of para-hydroxylation sites is 1. The third-order valence-corrected chi connectivity index (χ3v) is 3.18. The van der Waals surface area contributed by atoms with Gasteiger partial charge in [0.15, 0.2) is 11.5 Å². The smallest absolute Gasteiger partial charge is 0.416 e. The number of ether oxygens (including phenoxy) is 1. The van der Waals surface area contributed by atoms with Gasteiger partial charge in [-0.15, -0.1) is 0 Å². The SMILES string of the molecule is COc1cccc(C=Nc2cc(C(F)(F)F)cc(C(F)(F)F)c2)c1O. The van der Waals surface area contributed by atoms with Gasteiger partial charge in [0, 0.05) is 11.8 Å². The number of halogens is 6. The van der Waals surface area contributed by atoms with Gasteiger partial charge in [-0.3, -0.25) is 4.99 Å². The summed E-state index contributed by atoms with van der Waals surface area (Å²) in [6.45, 7) is 0. The van der Waals surface area contributed by atoms with Crippen molar-refractivity contribution in [3.8, 4) is 11.5 Å². The Labute approximate surface area is 138 Å². The van der Waals surface area contributed by atoms with E-state index in [0.717, 1.165) is 6.21 Å². The summed E-state index contributed by atoms with van der Waals surface area (Å²) in [5, 5.41) is 9.86. The van der Waals surface area contributed by atoms with Crippen molar-refractivity contribution < 1.29 is 36.2 Å². The molecule has 2 aromatic rings. The molecule has 0 heterocycles. The zero-order valence-electron chi connectivity index (χ0n) is 12.6. The molecule has 134 valence electrons. The maximum Gasteiger partial charge on any atom is 0.416 e. The Bertz CT molecular complexity index is 764. The minimum absolute atomic E-state index is 0.0159. The highest BCUT2D eigenvalue weighted by molar-refractivity contribution is 5.86. The van der Waals surface area contributed by atoms with Gasteiger partial charge in [-0.25, -0.2) is 0 Å². The molecule has 0 saturated carbocycles. The lowest BCUT2D eigenvalue weighted by molar-refractivity contribution is -0.143. The van der Waals surface area contributed by atoms with Crippen molar-refractivity contribution in [1.29, 1.82) is 0 Å². The van der Waals surface area contributed by atoms with Crippen LogP contribution in [-0.4, -0.2) is 18.4 Å². The minimum Gasteiger partial charge on any atom is -0.504 e. The van der Waals surface area contributed by atoms with Crippen LogP contribution >= 0.6 is 0 Å². The zero-order chi connectivity index (χ0) is 18.8. The number of nitrogens with zero attached hydrogens (tertiary/aromatic N) is 1. The van der Waals surface area contributed by atoms with Crippen molar-refractivity contribution in [2.24, 2.45) is 4.99 Å². The van der Waals surface area contributed by atoms with E-state index < -0.39 is 29.2 Å². The molecule has 0 bridgehead atoms. The molecule has 0 unspecified atom stereocenters. The van der Waals surface area contributed by atoms with E-state index in [1.165, 1.54) is 25.3 Å². The van der Waals surface area contributed by atoms with Crippen LogP contribution in [0.3, 0.4) is 0 Å². The van der Waals surface area contributed by atoms with Crippen molar-refractivity contribution in [3.05, 3.63) is 53.1 Å². The van der Waals surface area contributed by atoms with Crippen molar-refractivity contribution in [2.45, 2.75) is 12.4 Å². The van der Waals surface area contributed by atoms with Crippen molar-refractivity contribution in [3.63, 3.8) is 0 Å². The number of benzene rings is 2. The summed E-state index contributed by atoms with van der Waals surface area (Å²) in [7, 11) is 1.29. The van der Waals surface area contributed by atoms with E-state index in [0.29, 0.717) is 12.1 Å². The molecule has 2 aromatic carbocycles. The Hall–Kier alpha value is -2.71. The van der Waals surface area contributed by atoms with Crippen LogP contribution in [0.5, 0.6) is 11.5 Å². The first kappa shape index (κ1) is 18.6. The van der Waals surface area contributed by atoms with Crippen LogP contribution in [-0.2, 0) is 12.4 Å². The Morgan fingerprint density at radius 1 is 0.960 bits per heavy atom. The zero-order valence-corrected chi connectivity index (χ0v) is 12.6.